The molecule has 146 valence electrons. The van der Waals surface area contributed by atoms with E-state index in [-0.39, 0.29) is 124 Å². The van der Waals surface area contributed by atoms with Gasteiger partial charge in [-0.2, -0.15) is 0 Å². The van der Waals surface area contributed by atoms with Crippen LogP contribution in [0.2, 0.25) is 0 Å². The predicted octanol–water partition coefficient (Wildman–Crippen LogP) is -13.9. The monoisotopic (exact) mass is 640 g/mol. The summed E-state index contributed by atoms with van der Waals surface area (Å²) < 4.78 is 0. The van der Waals surface area contributed by atoms with E-state index >= 15 is 0 Å². The van der Waals surface area contributed by atoms with Crippen molar-refractivity contribution in [2.45, 2.75) is 0 Å². The second kappa shape index (κ2) is 103. The van der Waals surface area contributed by atoms with Crippen molar-refractivity contribution in [2.24, 2.45) is 0 Å². The van der Waals surface area contributed by atoms with E-state index in [1.807, 2.05) is 0 Å². The summed E-state index contributed by atoms with van der Waals surface area (Å²) >= 11 is 0. The van der Waals surface area contributed by atoms with Crippen LogP contribution in [0.25, 0.3) is 0 Å². The van der Waals surface area contributed by atoms with Crippen molar-refractivity contribution in [1.29, 1.82) is 0 Å². The van der Waals surface area contributed by atoms with E-state index in [1.165, 1.54) is 0 Å². The van der Waals surface area contributed by atoms with Crippen LogP contribution in [0.3, 0.4) is 0 Å². The number of rotatable bonds is 0. The smallest absolute Gasteiger partial charge is 0.652 e. The minimum absolute atomic E-state index is 0. The van der Waals surface area contributed by atoms with Gasteiger partial charge in [-0.05, 0) is 18.5 Å². The van der Waals surface area contributed by atoms with Gasteiger partial charge < -0.3 is 88.8 Å². The summed E-state index contributed by atoms with van der Waals surface area (Å²) in [6.45, 7) is 0. The van der Waals surface area contributed by atoms with E-state index in [0.29, 0.717) is 0 Å². The molecule has 22 heavy (non-hydrogen) atoms. The Hall–Kier alpha value is 0.139. The first-order chi connectivity index (χ1) is 5.20. The molecule has 0 amide bonds. The van der Waals surface area contributed by atoms with Gasteiger partial charge in [-0.25, -0.2) is 0 Å². The first-order valence-electron chi connectivity index (χ1n) is 1.84. The Bertz CT molecular complexity index is 119. The second-order valence-electron chi connectivity index (χ2n) is 0.750. The van der Waals surface area contributed by atoms with Gasteiger partial charge in [0.15, 0.2) is 0 Å². The molecule has 19 heteroatoms. The normalized spacial score (nSPS) is 3.27. The third kappa shape index (κ3) is 380000. The van der Waals surface area contributed by atoms with Gasteiger partial charge in [0.1, 0.15) is 0 Å². The van der Waals surface area contributed by atoms with E-state index in [0.717, 1.165) is 0 Å². The first-order valence-corrected chi connectivity index (χ1v) is 1.84. The van der Waals surface area contributed by atoms with Crippen molar-refractivity contribution in [2.75, 3.05) is 0 Å². The van der Waals surface area contributed by atoms with Crippen molar-refractivity contribution in [1.82, 2.24) is 0 Å². The summed E-state index contributed by atoms with van der Waals surface area (Å²) in [5, 5.41) is 50.0. The van der Waals surface area contributed by atoms with Gasteiger partial charge in [-0.15, -0.1) is 0 Å². The number of carboxylic acid groups (broad SMARTS) is 6. The van der Waals surface area contributed by atoms with Gasteiger partial charge >= 0.3 is 79.9 Å². The molecule has 0 heterocycles. The molecule has 0 fully saturated rings. The SMILES string of the molecule is O.O.O.O.O.O.O.O.O=C([O-])[O-].O=C([O-])[O-].O=C([O-])[O-].[Gd+3].[Gd+3]. The Morgan fingerprint density at radius 1 is 0.364 bits per heavy atom. The number of hydrogen-bond donors (Lipinski definition) is 0. The van der Waals surface area contributed by atoms with Crippen LogP contribution in [0.15, 0.2) is 0 Å². The van der Waals surface area contributed by atoms with E-state index < -0.39 is 18.5 Å². The molecular formula is C3H16Gd2O17. The molecule has 0 atom stereocenters. The molecule has 0 aliphatic carbocycles. The molecule has 0 saturated carbocycles. The van der Waals surface area contributed by atoms with Crippen molar-refractivity contribution in [3.63, 3.8) is 0 Å². The molecule has 0 bridgehead atoms. The number of carbonyl (C=O) groups excluding carboxylic acids is 3. The topological polar surface area (TPSA) is 442 Å². The van der Waals surface area contributed by atoms with Crippen molar-refractivity contribution in [3.8, 4) is 0 Å². The largest absolute Gasteiger partial charge is 3.00 e. The Morgan fingerprint density at radius 2 is 0.364 bits per heavy atom. The Morgan fingerprint density at radius 3 is 0.364 bits per heavy atom. The third-order valence-corrected chi connectivity index (χ3v) is 0. The van der Waals surface area contributed by atoms with Crippen LogP contribution < -0.4 is 30.6 Å². The fourth-order valence-corrected chi connectivity index (χ4v) is 0. The molecular weight excluding hydrogens is 623 g/mol. The maximum absolute atomic E-state index is 8.33. The van der Waals surface area contributed by atoms with Crippen molar-refractivity contribution >= 4 is 18.5 Å². The molecule has 17 nitrogen and oxygen atoms in total. The second-order valence-corrected chi connectivity index (χ2v) is 0.750. The molecule has 0 aliphatic rings. The average Bonchev–Trinajstić information content (AvgIpc) is 1.54. The standard InChI is InChI=1S/3CH2O3.2Gd.8H2O/c3*2-1(3)4;;;;;;;;;;/h3*(H2,2,3,4);;;8*1H2/q;;;2*+3;;;;;;;;/p-6. The summed E-state index contributed by atoms with van der Waals surface area (Å²) in [6.07, 6.45) is -7.00. The summed E-state index contributed by atoms with van der Waals surface area (Å²) in [7, 11) is 0. The maximum Gasteiger partial charge on any atom is 3.00 e. The van der Waals surface area contributed by atoms with E-state index in [4.69, 9.17) is 45.0 Å². The summed E-state index contributed by atoms with van der Waals surface area (Å²) in [5.41, 5.74) is 0. The summed E-state index contributed by atoms with van der Waals surface area (Å²) in [6, 6.07) is 0. The zero-order valence-electron chi connectivity index (χ0n) is 9.88. The van der Waals surface area contributed by atoms with Crippen LogP contribution in [-0.2, 0) is 0 Å². The molecule has 0 aromatic carbocycles. The first kappa shape index (κ1) is 118. The van der Waals surface area contributed by atoms with E-state index in [9.17, 15) is 0 Å². The van der Waals surface area contributed by atoms with Gasteiger partial charge in [0.2, 0.25) is 0 Å². The summed E-state index contributed by atoms with van der Waals surface area (Å²) in [4.78, 5) is 25.0. The number of carbonyl (C=O) groups is 3. The van der Waals surface area contributed by atoms with Crippen molar-refractivity contribution < 1.29 is 169 Å². The van der Waals surface area contributed by atoms with Gasteiger partial charge in [-0.3, -0.25) is 0 Å². The predicted molar refractivity (Wildman–Crippen MR) is 45.1 cm³/mol. The van der Waals surface area contributed by atoms with E-state index in [2.05, 4.69) is 0 Å². The van der Waals surface area contributed by atoms with Crippen molar-refractivity contribution in [3.05, 3.63) is 0 Å². The van der Waals surface area contributed by atoms with Gasteiger partial charge in [0, 0.05) is 0 Å². The fraction of sp³-hybridized carbons (Fsp3) is 0. The van der Waals surface area contributed by atoms with Gasteiger partial charge in [0.05, 0.1) is 0 Å². The third-order valence-electron chi connectivity index (χ3n) is 0. The molecule has 16 N–H and O–H groups in total. The van der Waals surface area contributed by atoms with E-state index in [1.54, 1.807) is 0 Å². The molecule has 0 spiro atoms. The molecule has 0 aromatic heterocycles. The molecule has 0 unspecified atom stereocenters. The zero-order valence-corrected chi connectivity index (χ0v) is 14.4. The molecule has 0 rings (SSSR count). The zero-order chi connectivity index (χ0) is 10.7. The average molecular weight is 639 g/mol. The Labute approximate surface area is 185 Å². The maximum atomic E-state index is 8.33. The minimum atomic E-state index is -2.33. The van der Waals surface area contributed by atoms with Gasteiger partial charge in [-0.1, -0.05) is 0 Å². The molecule has 2 radical (unpaired) electrons. The number of hydrogen-bond acceptors (Lipinski definition) is 9. The van der Waals surface area contributed by atoms with Crippen LogP contribution in [0.5, 0.6) is 0 Å². The molecule has 0 aliphatic heterocycles. The molecule has 0 aromatic rings. The van der Waals surface area contributed by atoms with Crippen LogP contribution in [0.4, 0.5) is 14.4 Å². The van der Waals surface area contributed by atoms with Crippen LogP contribution in [0, 0.1) is 79.9 Å². The van der Waals surface area contributed by atoms with Crippen LogP contribution in [-0.4, -0.2) is 62.3 Å². The minimum Gasteiger partial charge on any atom is -0.652 e. The molecule has 0 saturated heterocycles. The van der Waals surface area contributed by atoms with Crippen LogP contribution >= 0.6 is 0 Å². The Kier molecular flexibility index (Phi) is 553. The van der Waals surface area contributed by atoms with Crippen LogP contribution in [0.1, 0.15) is 0 Å². The quantitative estimate of drug-likeness (QED) is 0.242. The summed E-state index contributed by atoms with van der Waals surface area (Å²) in [5.74, 6) is 0. The van der Waals surface area contributed by atoms with Gasteiger partial charge in [0.25, 0.3) is 0 Å². The fourth-order valence-electron chi connectivity index (χ4n) is 0. The Balaban J connectivity index is -0.00000000409.